The van der Waals surface area contributed by atoms with Crippen LogP contribution in [-0.4, -0.2) is 62.9 Å². The van der Waals surface area contributed by atoms with Gasteiger partial charge in [-0.25, -0.2) is 22.3 Å². The molecule has 1 heterocycles. The van der Waals surface area contributed by atoms with E-state index in [1.807, 2.05) is 0 Å². The van der Waals surface area contributed by atoms with Crippen molar-refractivity contribution in [2.45, 2.75) is 68.1 Å². The Morgan fingerprint density at radius 1 is 1.22 bits per heavy atom. The summed E-state index contributed by atoms with van der Waals surface area (Å²) in [6, 6.07) is 11.4. The lowest BCUT2D eigenvalue weighted by Gasteiger charge is -2.37. The van der Waals surface area contributed by atoms with E-state index >= 15 is 0 Å². The molecule has 1 saturated carbocycles. The first-order valence-electron chi connectivity index (χ1n) is 14.0. The van der Waals surface area contributed by atoms with Crippen molar-refractivity contribution in [2.75, 3.05) is 11.4 Å². The van der Waals surface area contributed by atoms with Gasteiger partial charge in [0.15, 0.2) is 0 Å². The molecule has 0 saturated heterocycles. The summed E-state index contributed by atoms with van der Waals surface area (Å²) in [5.74, 6) is -3.57. The summed E-state index contributed by atoms with van der Waals surface area (Å²) in [6.07, 6.45) is 5.81. The van der Waals surface area contributed by atoms with Gasteiger partial charge in [-0.2, -0.15) is 5.26 Å². The number of nitrogens with zero attached hydrogens (tertiary/aromatic N) is 4. The number of nitrogens with one attached hydrogen (secondary N) is 1. The number of aliphatic imine (C=N–C) groups is 1. The van der Waals surface area contributed by atoms with Crippen LogP contribution >= 0.6 is 11.6 Å². The largest absolute Gasteiger partial charge is 0.351 e. The van der Waals surface area contributed by atoms with Crippen molar-refractivity contribution in [2.24, 2.45) is 10.1 Å². The van der Waals surface area contributed by atoms with Crippen LogP contribution in [0.2, 0.25) is 5.02 Å². The van der Waals surface area contributed by atoms with Crippen LogP contribution in [0.4, 0.5) is 14.5 Å². The van der Waals surface area contributed by atoms with Gasteiger partial charge < -0.3 is 10.2 Å². The normalized spacial score (nSPS) is 17.7. The van der Waals surface area contributed by atoms with Crippen LogP contribution in [0.3, 0.4) is 0 Å². The van der Waals surface area contributed by atoms with E-state index in [2.05, 4.69) is 23.3 Å². The minimum atomic E-state index is -4.07. The molecule has 2 aromatic carbocycles. The second-order valence-corrected chi connectivity index (χ2v) is 12.4. The maximum Gasteiger partial charge on any atom is 0.252 e. The fourth-order valence-electron chi connectivity index (χ4n) is 4.70. The van der Waals surface area contributed by atoms with Gasteiger partial charge in [-0.15, -0.1) is 0 Å². The molecule has 11 nitrogen and oxygen atoms in total. The average Bonchev–Trinajstić information content (AvgIpc) is 3.00. The summed E-state index contributed by atoms with van der Waals surface area (Å²) in [6.45, 7) is 2.79. The zero-order chi connectivity index (χ0) is 33.2. The highest BCUT2D eigenvalue weighted by Gasteiger charge is 2.47. The number of alkyl halides is 2. The Morgan fingerprint density at radius 2 is 1.93 bits per heavy atom. The Morgan fingerprint density at radius 3 is 2.51 bits per heavy atom. The number of dihydropyridines is 1. The van der Waals surface area contributed by atoms with E-state index in [1.54, 1.807) is 29.3 Å². The summed E-state index contributed by atoms with van der Waals surface area (Å²) in [7, 11) is -4.07. The number of nitriles is 1. The van der Waals surface area contributed by atoms with E-state index in [1.165, 1.54) is 30.3 Å². The van der Waals surface area contributed by atoms with Gasteiger partial charge >= 0.3 is 0 Å². The molecule has 1 fully saturated rings. The number of hydrogen-bond acceptors (Lipinski definition) is 7. The molecular formula is C30H33ClF2N6O5S. The standard InChI is InChI=1S/C19H18ClF2N3O4S.C11H15N3O/c20-16-7-2-1-6-15(16)17(18(27)24-12-9-19(21,22)10-12)25(11-26)13-4-3-5-14(8-13)30(23,28)29;1-2-3-6-14(9-15)11-7-10(8-12)4-5-13-11/h1-8,11-12,17H,9-10H2,(H,24,27)(H2,23,28,29);4-5,9,11H,2-3,6-7H2,1H3. The Balaban J connectivity index is 0.000000309. The highest BCUT2D eigenvalue weighted by Crippen LogP contribution is 2.38. The number of sulfonamides is 1. The van der Waals surface area contributed by atoms with Crippen molar-refractivity contribution in [3.8, 4) is 6.07 Å². The molecule has 2 unspecified atom stereocenters. The molecule has 2 atom stereocenters. The summed E-state index contributed by atoms with van der Waals surface area (Å²) in [5.41, 5.74) is 0.991. The average molecular weight is 663 g/mol. The number of carbonyl (C=O) groups excluding carboxylic acids is 3. The fraction of sp³-hybridized carbons (Fsp3) is 0.367. The molecule has 0 aromatic heterocycles. The third-order valence-electron chi connectivity index (χ3n) is 7.09. The third kappa shape index (κ3) is 9.65. The van der Waals surface area contributed by atoms with Gasteiger partial charge in [0, 0.05) is 59.9 Å². The smallest absolute Gasteiger partial charge is 0.252 e. The molecule has 1 aliphatic heterocycles. The molecule has 3 amide bonds. The zero-order valence-corrected chi connectivity index (χ0v) is 25.9. The van der Waals surface area contributed by atoms with E-state index in [-0.39, 0.29) is 27.3 Å². The van der Waals surface area contributed by atoms with Crippen LogP contribution in [-0.2, 0) is 24.4 Å². The number of halogens is 3. The molecule has 0 spiro atoms. The molecule has 1 aliphatic carbocycles. The summed E-state index contributed by atoms with van der Waals surface area (Å²) in [4.78, 5) is 42.4. The lowest BCUT2D eigenvalue weighted by Crippen LogP contribution is -2.53. The van der Waals surface area contributed by atoms with E-state index in [0.29, 0.717) is 24.9 Å². The topological polar surface area (TPSA) is 166 Å². The summed E-state index contributed by atoms with van der Waals surface area (Å²) >= 11 is 6.23. The van der Waals surface area contributed by atoms with E-state index in [0.717, 1.165) is 30.2 Å². The van der Waals surface area contributed by atoms with Crippen molar-refractivity contribution in [1.82, 2.24) is 10.2 Å². The van der Waals surface area contributed by atoms with Gasteiger partial charge in [0.25, 0.3) is 5.92 Å². The lowest BCUT2D eigenvalue weighted by atomic mass is 9.87. The van der Waals surface area contributed by atoms with Crippen molar-refractivity contribution >= 4 is 52.3 Å². The van der Waals surface area contributed by atoms with Gasteiger partial charge in [-0.3, -0.25) is 24.3 Å². The first-order valence-corrected chi connectivity index (χ1v) is 15.9. The highest BCUT2D eigenvalue weighted by molar-refractivity contribution is 7.89. The number of carbonyl (C=O) groups is 3. The number of nitrogens with two attached hydrogens (primary N) is 1. The zero-order valence-electron chi connectivity index (χ0n) is 24.4. The number of anilines is 1. The number of allylic oxidation sites excluding steroid dienone is 1. The number of unbranched alkanes of at least 4 members (excludes halogenated alkanes) is 1. The second-order valence-electron chi connectivity index (χ2n) is 10.4. The molecule has 15 heteroatoms. The van der Waals surface area contributed by atoms with Gasteiger partial charge in [0.05, 0.1) is 11.0 Å². The monoisotopic (exact) mass is 662 g/mol. The fourth-order valence-corrected chi connectivity index (χ4v) is 5.49. The molecule has 2 aliphatic rings. The number of amides is 3. The van der Waals surface area contributed by atoms with Gasteiger partial charge in [0.1, 0.15) is 12.2 Å². The Bertz CT molecular complexity index is 1590. The second kappa shape index (κ2) is 15.7. The number of hydrogen-bond donors (Lipinski definition) is 2. The molecular weight excluding hydrogens is 630 g/mol. The molecule has 0 bridgehead atoms. The highest BCUT2D eigenvalue weighted by atomic mass is 35.5. The third-order valence-corrected chi connectivity index (χ3v) is 8.34. The SMILES string of the molecule is CCCCN(C=O)C1CC(C#N)=CC=N1.NS(=O)(=O)c1cccc(N(C=O)C(C(=O)NC2CC(F)(F)C2)c2ccccc2Cl)c1. The summed E-state index contributed by atoms with van der Waals surface area (Å²) < 4.78 is 49.7. The molecule has 2 aromatic rings. The van der Waals surface area contributed by atoms with Crippen molar-refractivity contribution in [3.05, 3.63) is 70.8 Å². The predicted octanol–water partition coefficient (Wildman–Crippen LogP) is 4.10. The Hall–Kier alpha value is -4.19. The van der Waals surface area contributed by atoms with Crippen LogP contribution in [0.1, 0.15) is 50.6 Å². The maximum absolute atomic E-state index is 13.2. The van der Waals surface area contributed by atoms with Gasteiger partial charge in [-0.1, -0.05) is 49.2 Å². The minimum absolute atomic E-state index is 0.0653. The Kier molecular flexibility index (Phi) is 12.3. The lowest BCUT2D eigenvalue weighted by molar-refractivity contribution is -0.131. The first-order chi connectivity index (χ1) is 21.3. The van der Waals surface area contributed by atoms with E-state index < -0.39 is 46.8 Å². The van der Waals surface area contributed by atoms with Crippen LogP contribution in [0.5, 0.6) is 0 Å². The molecule has 45 heavy (non-hydrogen) atoms. The van der Waals surface area contributed by atoms with Crippen molar-refractivity contribution < 1.29 is 31.6 Å². The minimum Gasteiger partial charge on any atom is -0.351 e. The Labute approximate surface area is 265 Å². The van der Waals surface area contributed by atoms with Crippen molar-refractivity contribution in [3.63, 3.8) is 0 Å². The van der Waals surface area contributed by atoms with Crippen LogP contribution in [0.25, 0.3) is 0 Å². The van der Waals surface area contributed by atoms with Gasteiger partial charge in [0.2, 0.25) is 28.8 Å². The van der Waals surface area contributed by atoms with Crippen LogP contribution < -0.4 is 15.4 Å². The number of primary sulfonamides is 1. The first kappa shape index (κ1) is 35.3. The molecule has 0 radical (unpaired) electrons. The molecule has 4 rings (SSSR count). The van der Waals surface area contributed by atoms with E-state index in [9.17, 15) is 31.6 Å². The predicted molar refractivity (Wildman–Crippen MR) is 165 cm³/mol. The van der Waals surface area contributed by atoms with Crippen molar-refractivity contribution in [1.29, 1.82) is 5.26 Å². The molecule has 3 N–H and O–H groups in total. The van der Waals surface area contributed by atoms with E-state index in [4.69, 9.17) is 22.0 Å². The summed E-state index contributed by atoms with van der Waals surface area (Å²) in [5, 5.41) is 16.6. The van der Waals surface area contributed by atoms with Crippen LogP contribution in [0, 0.1) is 11.3 Å². The quantitative estimate of drug-likeness (QED) is 0.325. The van der Waals surface area contributed by atoms with Gasteiger partial charge in [-0.05, 0) is 36.8 Å². The maximum atomic E-state index is 13.2. The molecule has 240 valence electrons. The number of rotatable bonds is 12. The van der Waals surface area contributed by atoms with Crippen LogP contribution in [0.15, 0.2) is 70.1 Å². The number of benzene rings is 2.